The second-order valence-corrected chi connectivity index (χ2v) is 10.9. The Hall–Kier alpha value is -2.18. The van der Waals surface area contributed by atoms with Gasteiger partial charge in [0, 0.05) is 42.2 Å². The maximum atomic E-state index is 13.2. The number of likely N-dealkylation sites (N-methyl/N-ethyl adjacent to an activating group) is 1. The van der Waals surface area contributed by atoms with Crippen LogP contribution in [-0.4, -0.2) is 77.4 Å². The van der Waals surface area contributed by atoms with Crippen molar-refractivity contribution >= 4 is 58.5 Å². The van der Waals surface area contributed by atoms with Crippen LogP contribution < -0.4 is 16.0 Å². The Labute approximate surface area is 226 Å². The molecule has 1 fully saturated rings. The lowest BCUT2D eigenvalue weighted by atomic mass is 9.86. The van der Waals surface area contributed by atoms with Gasteiger partial charge in [0.1, 0.15) is 5.82 Å². The third-order valence-corrected chi connectivity index (χ3v) is 7.99. The molecular formula is C24H32ClFN6O2S2. The minimum atomic E-state index is -0.469. The van der Waals surface area contributed by atoms with Gasteiger partial charge in [0.2, 0.25) is 0 Å². The zero-order valence-corrected chi connectivity index (χ0v) is 23.0. The summed E-state index contributed by atoms with van der Waals surface area (Å²) < 4.78 is 13.1. The molecule has 1 aliphatic heterocycles. The van der Waals surface area contributed by atoms with Crippen LogP contribution in [0.15, 0.2) is 24.3 Å². The first kappa shape index (κ1) is 28.4. The van der Waals surface area contributed by atoms with Crippen molar-refractivity contribution in [3.05, 3.63) is 45.7 Å². The van der Waals surface area contributed by atoms with Gasteiger partial charge >= 0.3 is 0 Å². The van der Waals surface area contributed by atoms with Crippen LogP contribution in [0.25, 0.3) is 0 Å². The van der Waals surface area contributed by atoms with Gasteiger partial charge in [-0.3, -0.25) is 9.59 Å². The molecule has 2 aliphatic rings. The molecule has 0 spiro atoms. The Kier molecular flexibility index (Phi) is 9.76. The quantitative estimate of drug-likeness (QED) is 0.490. The second kappa shape index (κ2) is 12.4. The summed E-state index contributed by atoms with van der Waals surface area (Å²) in [5.74, 6) is -1.04. The number of halogens is 2. The van der Waals surface area contributed by atoms with E-state index in [9.17, 15) is 14.0 Å². The number of hydrogen-bond donors (Lipinski definition) is 3. The molecule has 2 aromatic rings. The molecule has 12 heteroatoms. The van der Waals surface area contributed by atoms with Crippen LogP contribution in [0.3, 0.4) is 0 Å². The molecule has 0 saturated heterocycles. The molecule has 1 saturated carbocycles. The van der Waals surface area contributed by atoms with Gasteiger partial charge in [-0.05, 0) is 64.7 Å². The lowest BCUT2D eigenvalue weighted by Gasteiger charge is -2.39. The summed E-state index contributed by atoms with van der Waals surface area (Å²) in [5.41, 5.74) is 1.47. The van der Waals surface area contributed by atoms with Crippen molar-refractivity contribution in [2.24, 2.45) is 0 Å². The number of thiazole rings is 1. The first-order valence-corrected chi connectivity index (χ1v) is 12.9. The summed E-state index contributed by atoms with van der Waals surface area (Å²) in [6.07, 6.45) is 3.24. The fraction of sp³-hybridized carbons (Fsp3) is 0.500. The zero-order chi connectivity index (χ0) is 25.1. The Balaban J connectivity index is 0.00000361. The van der Waals surface area contributed by atoms with Crippen LogP contribution >= 0.6 is 36.0 Å². The molecule has 8 nitrogen and oxygen atoms in total. The Morgan fingerprint density at radius 3 is 2.58 bits per heavy atom. The molecule has 2 amide bonds. The maximum absolute atomic E-state index is 13.2. The zero-order valence-electron chi connectivity index (χ0n) is 20.5. The topological polar surface area (TPSA) is 89.6 Å². The summed E-state index contributed by atoms with van der Waals surface area (Å²) in [6, 6.07) is 5.40. The van der Waals surface area contributed by atoms with Crippen molar-refractivity contribution in [2.45, 2.75) is 50.4 Å². The molecule has 36 heavy (non-hydrogen) atoms. The first-order valence-electron chi connectivity index (χ1n) is 11.7. The van der Waals surface area contributed by atoms with E-state index in [1.54, 1.807) is 0 Å². The van der Waals surface area contributed by atoms with Crippen LogP contribution in [0.1, 0.15) is 39.6 Å². The van der Waals surface area contributed by atoms with Gasteiger partial charge < -0.3 is 25.8 Å². The fourth-order valence-electron chi connectivity index (χ4n) is 4.56. The summed E-state index contributed by atoms with van der Waals surface area (Å²) in [7, 11) is 6.13. The highest BCUT2D eigenvalue weighted by molar-refractivity contribution is 7.82. The minimum Gasteiger partial charge on any atom is -0.367 e. The average Bonchev–Trinajstić information content (AvgIpc) is 3.25. The van der Waals surface area contributed by atoms with Crippen molar-refractivity contribution in [2.75, 3.05) is 33.0 Å². The van der Waals surface area contributed by atoms with E-state index >= 15 is 0 Å². The summed E-state index contributed by atoms with van der Waals surface area (Å²) in [5, 5.41) is 9.48. The van der Waals surface area contributed by atoms with Crippen LogP contribution in [-0.2, 0) is 17.8 Å². The van der Waals surface area contributed by atoms with Gasteiger partial charge in [-0.2, -0.15) is 0 Å². The molecule has 1 aromatic carbocycles. The van der Waals surface area contributed by atoms with E-state index in [-0.39, 0.29) is 41.2 Å². The number of rotatable bonds is 5. The molecule has 0 radical (unpaired) electrons. The summed E-state index contributed by atoms with van der Waals surface area (Å²) >= 11 is 6.81. The van der Waals surface area contributed by atoms with Crippen molar-refractivity contribution in [1.29, 1.82) is 0 Å². The van der Waals surface area contributed by atoms with Crippen LogP contribution in [0.5, 0.6) is 0 Å². The van der Waals surface area contributed by atoms with Gasteiger partial charge in [-0.1, -0.05) is 12.2 Å². The largest absolute Gasteiger partial charge is 0.367 e. The standard InChI is InChI=1S/C24H31FN6O2S2.ClH/c1-30(2)16-8-9-17(28-23(34)21(32)26-15-6-4-14(25)5-7-15)19(12-16)27-22(33)24-29-18-10-11-31(3)13-20(18)35-24;/h4-7,16-17,19H,8-13H2,1-3H3,(H,26,32)(H,27,33)(H,28,34);1H/t16-,17-,19+;/m0./s1. The molecule has 1 aliphatic carbocycles. The van der Waals surface area contributed by atoms with Crippen molar-refractivity contribution in [1.82, 2.24) is 25.4 Å². The van der Waals surface area contributed by atoms with Crippen LogP contribution in [0.2, 0.25) is 0 Å². The lowest BCUT2D eigenvalue weighted by Crippen LogP contribution is -2.58. The maximum Gasteiger partial charge on any atom is 0.283 e. The van der Waals surface area contributed by atoms with Gasteiger partial charge in [-0.15, -0.1) is 23.7 Å². The second-order valence-electron chi connectivity index (χ2n) is 9.43. The fourth-order valence-corrected chi connectivity index (χ4v) is 5.85. The minimum absolute atomic E-state index is 0. The SMILES string of the molecule is CN1CCc2nc(C(=O)N[C@@H]3C[C@@H](N(C)C)CC[C@@H]3NC(=S)C(=O)Nc3ccc(F)cc3)sc2C1.Cl. The number of carbonyl (C=O) groups excluding carboxylic acids is 2. The highest BCUT2D eigenvalue weighted by Gasteiger charge is 2.34. The van der Waals surface area contributed by atoms with Crippen molar-refractivity contribution in [3.8, 4) is 0 Å². The Bertz CT molecular complexity index is 1100. The molecule has 0 bridgehead atoms. The monoisotopic (exact) mass is 554 g/mol. The number of benzene rings is 1. The smallest absolute Gasteiger partial charge is 0.283 e. The highest BCUT2D eigenvalue weighted by Crippen LogP contribution is 2.26. The van der Waals surface area contributed by atoms with Crippen molar-refractivity contribution in [3.63, 3.8) is 0 Å². The molecule has 3 N–H and O–H groups in total. The van der Waals surface area contributed by atoms with E-state index in [2.05, 4.69) is 37.8 Å². The van der Waals surface area contributed by atoms with Crippen molar-refractivity contribution < 1.29 is 14.0 Å². The molecule has 0 unspecified atom stereocenters. The van der Waals surface area contributed by atoms with Gasteiger partial charge in [0.05, 0.1) is 11.7 Å². The normalized spacial score (nSPS) is 21.8. The summed E-state index contributed by atoms with van der Waals surface area (Å²) in [6.45, 7) is 1.75. The Morgan fingerprint density at radius 1 is 1.17 bits per heavy atom. The number of thiocarbonyl (C=S) groups is 1. The highest BCUT2D eigenvalue weighted by atomic mass is 35.5. The molecular weight excluding hydrogens is 523 g/mol. The van der Waals surface area contributed by atoms with E-state index in [1.807, 2.05) is 14.1 Å². The van der Waals surface area contributed by atoms with Gasteiger partial charge in [0.15, 0.2) is 10.00 Å². The molecule has 3 atom stereocenters. The molecule has 1 aromatic heterocycles. The Morgan fingerprint density at radius 2 is 1.89 bits per heavy atom. The van der Waals surface area contributed by atoms with E-state index in [4.69, 9.17) is 12.2 Å². The molecule has 196 valence electrons. The number of amides is 2. The summed E-state index contributed by atoms with van der Waals surface area (Å²) in [4.78, 5) is 35.9. The predicted octanol–water partition coefficient (Wildman–Crippen LogP) is 2.83. The van der Waals surface area contributed by atoms with E-state index < -0.39 is 5.91 Å². The van der Waals surface area contributed by atoms with E-state index in [0.29, 0.717) is 16.7 Å². The molecule has 2 heterocycles. The predicted molar refractivity (Wildman–Crippen MR) is 147 cm³/mol. The number of hydrogen-bond acceptors (Lipinski definition) is 7. The number of nitrogens with zero attached hydrogens (tertiary/aromatic N) is 3. The van der Waals surface area contributed by atoms with E-state index in [0.717, 1.165) is 49.3 Å². The first-order chi connectivity index (χ1) is 16.7. The third kappa shape index (κ3) is 6.98. The number of anilines is 1. The number of nitrogens with one attached hydrogen (secondary N) is 3. The molecule has 4 rings (SSSR count). The average molecular weight is 555 g/mol. The third-order valence-electron chi connectivity index (χ3n) is 6.61. The number of fused-ring (bicyclic) bond motifs is 1. The number of aromatic nitrogens is 1. The van der Waals surface area contributed by atoms with E-state index in [1.165, 1.54) is 35.6 Å². The van der Waals surface area contributed by atoms with Crippen LogP contribution in [0, 0.1) is 5.82 Å². The van der Waals surface area contributed by atoms with Gasteiger partial charge in [-0.25, -0.2) is 9.37 Å². The number of carbonyl (C=O) groups is 2. The van der Waals surface area contributed by atoms with Crippen LogP contribution in [0.4, 0.5) is 10.1 Å². The van der Waals surface area contributed by atoms with Gasteiger partial charge in [0.25, 0.3) is 11.8 Å². The lowest BCUT2D eigenvalue weighted by molar-refractivity contribution is -0.110.